The first-order chi connectivity index (χ1) is 8.85. The Labute approximate surface area is 120 Å². The van der Waals surface area contributed by atoms with Gasteiger partial charge in [-0.05, 0) is 17.9 Å². The van der Waals surface area contributed by atoms with Gasteiger partial charge in [-0.25, -0.2) is 13.1 Å². The standard InChI is InChI=1S/C13H20N2O2S2/c1-3-12(13(14)18)15-19(16,17)9-10(2)11-7-5-4-6-8-11/h4-8,10,12,15H,3,9H2,1-2H3,(H2,14,18). The van der Waals surface area contributed by atoms with Crippen LogP contribution in [0, 0.1) is 0 Å². The van der Waals surface area contributed by atoms with Gasteiger partial charge in [0.05, 0.1) is 16.8 Å². The van der Waals surface area contributed by atoms with Crippen molar-refractivity contribution < 1.29 is 8.42 Å². The topological polar surface area (TPSA) is 72.2 Å². The molecule has 0 bridgehead atoms. The zero-order chi connectivity index (χ0) is 14.5. The van der Waals surface area contributed by atoms with Crippen molar-refractivity contribution >= 4 is 27.2 Å². The first-order valence-corrected chi connectivity index (χ1v) is 8.26. The Bertz CT molecular complexity index is 515. The molecular weight excluding hydrogens is 280 g/mol. The number of hydrogen-bond donors (Lipinski definition) is 2. The Kier molecular flexibility index (Phi) is 5.90. The summed E-state index contributed by atoms with van der Waals surface area (Å²) < 4.78 is 26.7. The highest BCUT2D eigenvalue weighted by Gasteiger charge is 2.21. The average Bonchev–Trinajstić information content (AvgIpc) is 2.36. The second-order valence-corrected chi connectivity index (χ2v) is 6.84. The lowest BCUT2D eigenvalue weighted by atomic mass is 10.0. The molecule has 1 aromatic rings. The molecule has 2 atom stereocenters. The van der Waals surface area contributed by atoms with Gasteiger partial charge in [0.15, 0.2) is 0 Å². The maximum absolute atomic E-state index is 12.1. The Hall–Kier alpha value is -0.980. The fourth-order valence-corrected chi connectivity index (χ4v) is 3.79. The molecule has 0 saturated carbocycles. The molecule has 0 aliphatic carbocycles. The number of benzene rings is 1. The van der Waals surface area contributed by atoms with Crippen molar-refractivity contribution in [2.75, 3.05) is 5.75 Å². The molecule has 1 rings (SSSR count). The predicted octanol–water partition coefficient (Wildman–Crippen LogP) is 1.77. The Morgan fingerprint density at radius 1 is 1.37 bits per heavy atom. The number of nitrogens with two attached hydrogens (primary N) is 1. The van der Waals surface area contributed by atoms with Crippen LogP contribution in [0.2, 0.25) is 0 Å². The fourth-order valence-electron chi connectivity index (χ4n) is 1.81. The molecule has 0 radical (unpaired) electrons. The molecular formula is C13H20N2O2S2. The average molecular weight is 300 g/mol. The summed E-state index contributed by atoms with van der Waals surface area (Å²) in [5.74, 6) is -0.0570. The van der Waals surface area contributed by atoms with Crippen molar-refractivity contribution in [2.45, 2.75) is 32.2 Å². The molecule has 3 N–H and O–H groups in total. The normalized spacial score (nSPS) is 14.8. The number of sulfonamides is 1. The molecule has 0 heterocycles. The van der Waals surface area contributed by atoms with E-state index in [4.69, 9.17) is 18.0 Å². The summed E-state index contributed by atoms with van der Waals surface area (Å²) in [5.41, 5.74) is 6.50. The van der Waals surface area contributed by atoms with Crippen LogP contribution in [0.25, 0.3) is 0 Å². The van der Waals surface area contributed by atoms with Crippen molar-refractivity contribution in [1.82, 2.24) is 4.72 Å². The van der Waals surface area contributed by atoms with E-state index >= 15 is 0 Å². The highest BCUT2D eigenvalue weighted by molar-refractivity contribution is 7.89. The third-order valence-corrected chi connectivity index (χ3v) is 4.78. The minimum absolute atomic E-state index is 0.0239. The Morgan fingerprint density at radius 2 is 1.95 bits per heavy atom. The summed E-state index contributed by atoms with van der Waals surface area (Å²) in [5, 5.41) is 0. The molecule has 0 saturated heterocycles. The smallest absolute Gasteiger partial charge is 0.212 e. The van der Waals surface area contributed by atoms with Crippen LogP contribution < -0.4 is 10.5 Å². The van der Waals surface area contributed by atoms with Crippen molar-refractivity contribution in [3.63, 3.8) is 0 Å². The lowest BCUT2D eigenvalue weighted by Crippen LogP contribution is -2.44. The summed E-state index contributed by atoms with van der Waals surface area (Å²) in [4.78, 5) is 0.179. The van der Waals surface area contributed by atoms with Gasteiger partial charge in [-0.2, -0.15) is 0 Å². The minimum atomic E-state index is -3.40. The van der Waals surface area contributed by atoms with E-state index in [0.29, 0.717) is 6.42 Å². The third-order valence-electron chi connectivity index (χ3n) is 2.91. The third kappa shape index (κ3) is 5.26. The van der Waals surface area contributed by atoms with Gasteiger partial charge < -0.3 is 5.73 Å². The van der Waals surface area contributed by atoms with E-state index in [0.717, 1.165) is 5.56 Å². The van der Waals surface area contributed by atoms with Gasteiger partial charge in [-0.15, -0.1) is 0 Å². The van der Waals surface area contributed by atoms with Crippen LogP contribution >= 0.6 is 12.2 Å². The van der Waals surface area contributed by atoms with Gasteiger partial charge >= 0.3 is 0 Å². The molecule has 6 heteroatoms. The van der Waals surface area contributed by atoms with Crippen molar-refractivity contribution in [3.8, 4) is 0 Å². The van der Waals surface area contributed by atoms with E-state index in [-0.39, 0.29) is 16.7 Å². The lowest BCUT2D eigenvalue weighted by molar-refractivity contribution is 0.567. The molecule has 0 aliphatic heterocycles. The quantitative estimate of drug-likeness (QED) is 0.753. The van der Waals surface area contributed by atoms with Gasteiger partial charge in [0.2, 0.25) is 10.0 Å². The Balaban J connectivity index is 2.72. The highest BCUT2D eigenvalue weighted by atomic mass is 32.2. The van der Waals surface area contributed by atoms with Crippen LogP contribution in [0.1, 0.15) is 31.7 Å². The predicted molar refractivity (Wildman–Crippen MR) is 82.6 cm³/mol. The highest BCUT2D eigenvalue weighted by Crippen LogP contribution is 2.16. The first-order valence-electron chi connectivity index (χ1n) is 6.20. The molecule has 106 valence electrons. The van der Waals surface area contributed by atoms with Crippen LogP contribution in [0.5, 0.6) is 0 Å². The maximum Gasteiger partial charge on any atom is 0.212 e. The van der Waals surface area contributed by atoms with Crippen molar-refractivity contribution in [1.29, 1.82) is 0 Å². The zero-order valence-electron chi connectivity index (χ0n) is 11.2. The van der Waals surface area contributed by atoms with Gasteiger partial charge in [-0.3, -0.25) is 0 Å². The second kappa shape index (κ2) is 6.98. The van der Waals surface area contributed by atoms with E-state index < -0.39 is 16.1 Å². The number of hydrogen-bond acceptors (Lipinski definition) is 3. The SMILES string of the molecule is CCC(NS(=O)(=O)CC(C)c1ccccc1)C(N)=S. The number of rotatable bonds is 7. The monoisotopic (exact) mass is 300 g/mol. The van der Waals surface area contributed by atoms with E-state index in [1.807, 2.05) is 44.2 Å². The molecule has 0 fully saturated rings. The molecule has 0 aromatic heterocycles. The Morgan fingerprint density at radius 3 is 2.42 bits per heavy atom. The molecule has 1 aromatic carbocycles. The molecule has 4 nitrogen and oxygen atoms in total. The molecule has 2 unspecified atom stereocenters. The van der Waals surface area contributed by atoms with Crippen LogP contribution in [0.3, 0.4) is 0 Å². The maximum atomic E-state index is 12.1. The van der Waals surface area contributed by atoms with E-state index in [9.17, 15) is 8.42 Å². The van der Waals surface area contributed by atoms with Crippen molar-refractivity contribution in [3.05, 3.63) is 35.9 Å². The van der Waals surface area contributed by atoms with Gasteiger partial charge in [0.25, 0.3) is 0 Å². The first kappa shape index (κ1) is 16.1. The minimum Gasteiger partial charge on any atom is -0.392 e. The molecule has 0 amide bonds. The van der Waals surface area contributed by atoms with E-state index in [2.05, 4.69) is 4.72 Å². The molecule has 0 spiro atoms. The molecule has 19 heavy (non-hydrogen) atoms. The summed E-state index contributed by atoms with van der Waals surface area (Å²) in [6.07, 6.45) is 0.550. The summed E-state index contributed by atoms with van der Waals surface area (Å²) in [6, 6.07) is 9.08. The van der Waals surface area contributed by atoms with E-state index in [1.54, 1.807) is 0 Å². The van der Waals surface area contributed by atoms with Crippen molar-refractivity contribution in [2.24, 2.45) is 5.73 Å². The zero-order valence-corrected chi connectivity index (χ0v) is 12.8. The number of nitrogens with one attached hydrogen (secondary N) is 1. The van der Waals surface area contributed by atoms with Crippen LogP contribution in [0.4, 0.5) is 0 Å². The summed E-state index contributed by atoms with van der Waals surface area (Å²) in [7, 11) is -3.40. The van der Waals surface area contributed by atoms with Crippen LogP contribution in [-0.4, -0.2) is 25.2 Å². The summed E-state index contributed by atoms with van der Waals surface area (Å²) in [6.45, 7) is 3.73. The van der Waals surface area contributed by atoms with E-state index in [1.165, 1.54) is 0 Å². The fraction of sp³-hybridized carbons (Fsp3) is 0.462. The molecule has 0 aliphatic rings. The number of thiocarbonyl (C=S) groups is 1. The lowest BCUT2D eigenvalue weighted by Gasteiger charge is -2.18. The van der Waals surface area contributed by atoms with Crippen LogP contribution in [0.15, 0.2) is 30.3 Å². The largest absolute Gasteiger partial charge is 0.392 e. The van der Waals surface area contributed by atoms with Gasteiger partial charge in [-0.1, -0.05) is 56.4 Å². The summed E-state index contributed by atoms with van der Waals surface area (Å²) >= 11 is 4.84. The second-order valence-electron chi connectivity index (χ2n) is 4.57. The van der Waals surface area contributed by atoms with Gasteiger partial charge in [0.1, 0.15) is 0 Å². The van der Waals surface area contributed by atoms with Crippen LogP contribution in [-0.2, 0) is 10.0 Å². The van der Waals surface area contributed by atoms with Gasteiger partial charge in [0, 0.05) is 0 Å².